The van der Waals surface area contributed by atoms with Crippen LogP contribution >= 0.6 is 0 Å². The molecule has 6 unspecified atom stereocenters. The van der Waals surface area contributed by atoms with E-state index in [2.05, 4.69) is 127 Å². The molecule has 0 aromatic heterocycles. The van der Waals surface area contributed by atoms with Gasteiger partial charge >= 0.3 is 16.4 Å². The molecule has 0 spiro atoms. The summed E-state index contributed by atoms with van der Waals surface area (Å²) in [5, 5.41) is 30.8. The fourth-order valence-electron chi connectivity index (χ4n) is 8.09. The highest BCUT2D eigenvalue weighted by molar-refractivity contribution is 7.80. The van der Waals surface area contributed by atoms with Crippen LogP contribution in [-0.4, -0.2) is 97.5 Å². The van der Waals surface area contributed by atoms with Crippen LogP contribution in [0.3, 0.4) is 0 Å². The van der Waals surface area contributed by atoms with E-state index in [1.807, 2.05) is 0 Å². The van der Waals surface area contributed by atoms with Gasteiger partial charge in [0.15, 0.2) is 6.29 Å². The molecule has 4 N–H and O–H groups in total. The average molecular weight is 1060 g/mol. The van der Waals surface area contributed by atoms with Crippen molar-refractivity contribution in [3.8, 4) is 0 Å². The van der Waals surface area contributed by atoms with Crippen molar-refractivity contribution in [2.24, 2.45) is 0 Å². The smallest absolute Gasteiger partial charge is 0.397 e. The van der Waals surface area contributed by atoms with Crippen molar-refractivity contribution in [2.75, 3.05) is 26.4 Å². The summed E-state index contributed by atoms with van der Waals surface area (Å²) in [5.74, 6) is -0.428. The molecule has 1 aliphatic rings. The molecule has 0 bridgehead atoms. The summed E-state index contributed by atoms with van der Waals surface area (Å²) in [7, 11) is -5.08. The molecule has 12 nitrogen and oxygen atoms in total. The first-order valence-corrected chi connectivity index (χ1v) is 30.0. The lowest BCUT2D eigenvalue weighted by atomic mass is 9.99. The van der Waals surface area contributed by atoms with Gasteiger partial charge in [0.2, 0.25) is 0 Å². The van der Waals surface area contributed by atoms with Crippen molar-refractivity contribution >= 4 is 16.4 Å². The molecule has 74 heavy (non-hydrogen) atoms. The molecule has 13 heteroatoms. The van der Waals surface area contributed by atoms with Gasteiger partial charge in [-0.25, -0.2) is 4.18 Å². The van der Waals surface area contributed by atoms with Gasteiger partial charge in [0.25, 0.3) is 0 Å². The Bertz CT molecular complexity index is 1700. The minimum atomic E-state index is -5.08. The highest BCUT2D eigenvalue weighted by atomic mass is 32.3. The Hall–Kier alpha value is -3.24. The van der Waals surface area contributed by atoms with Gasteiger partial charge in [0.1, 0.15) is 30.5 Å². The number of hydrogen-bond acceptors (Lipinski definition) is 11. The lowest BCUT2D eigenvalue weighted by Gasteiger charge is -2.41. The molecule has 0 aromatic rings. The lowest BCUT2D eigenvalue weighted by Crippen LogP contribution is -2.60. The van der Waals surface area contributed by atoms with E-state index in [4.69, 9.17) is 18.9 Å². The lowest BCUT2D eigenvalue weighted by molar-refractivity contribution is -0.301. The van der Waals surface area contributed by atoms with E-state index in [1.165, 1.54) is 77.0 Å². The summed E-state index contributed by atoms with van der Waals surface area (Å²) in [5.41, 5.74) is 0. The van der Waals surface area contributed by atoms with Crippen LogP contribution in [-0.2, 0) is 38.3 Å². The van der Waals surface area contributed by atoms with E-state index in [-0.39, 0.29) is 19.6 Å². The minimum Gasteiger partial charge on any atom is -0.457 e. The molecule has 6 atom stereocenters. The molecule has 424 valence electrons. The number of carbonyl (C=O) groups excluding carboxylic acids is 1. The van der Waals surface area contributed by atoms with E-state index in [0.717, 1.165) is 103 Å². The number of carbonyl (C=O) groups is 1. The van der Waals surface area contributed by atoms with Gasteiger partial charge in [-0.2, -0.15) is 8.42 Å². The fraction of sp³-hybridized carbons (Fsp3) is 0.689. The van der Waals surface area contributed by atoms with Crippen LogP contribution in [0.4, 0.5) is 0 Å². The first kappa shape index (κ1) is 68.8. The van der Waals surface area contributed by atoms with Crippen LogP contribution < -0.4 is 0 Å². The van der Waals surface area contributed by atoms with Crippen LogP contribution in [0.15, 0.2) is 109 Å². The molecular weight excluding hydrogens is 957 g/mol. The van der Waals surface area contributed by atoms with Crippen LogP contribution in [0.1, 0.15) is 206 Å². The third kappa shape index (κ3) is 42.9. The summed E-state index contributed by atoms with van der Waals surface area (Å²) >= 11 is 0. The topological polar surface area (TPSA) is 178 Å². The molecule has 1 rings (SSSR count). The molecule has 0 amide bonds. The Morgan fingerprint density at radius 2 is 0.932 bits per heavy atom. The molecule has 1 saturated heterocycles. The number of unbranched alkanes of at least 4 members (excludes halogenated alkanes) is 18. The van der Waals surface area contributed by atoms with Crippen molar-refractivity contribution in [1.29, 1.82) is 0 Å². The zero-order valence-electron chi connectivity index (χ0n) is 45.9. The van der Waals surface area contributed by atoms with Gasteiger partial charge < -0.3 is 34.3 Å². The quantitative estimate of drug-likeness (QED) is 0.0196. The van der Waals surface area contributed by atoms with Gasteiger partial charge in [0.05, 0.1) is 19.8 Å². The van der Waals surface area contributed by atoms with E-state index < -0.39 is 59.8 Å². The predicted octanol–water partition coefficient (Wildman–Crippen LogP) is 14.3. The normalized spacial score (nSPS) is 19.6. The van der Waals surface area contributed by atoms with Crippen molar-refractivity contribution in [3.05, 3.63) is 109 Å². The molecule has 0 saturated carbocycles. The van der Waals surface area contributed by atoms with E-state index in [1.54, 1.807) is 0 Å². The van der Waals surface area contributed by atoms with Crippen LogP contribution in [0.25, 0.3) is 0 Å². The largest absolute Gasteiger partial charge is 0.457 e. The second-order valence-electron chi connectivity index (χ2n) is 19.1. The van der Waals surface area contributed by atoms with Crippen LogP contribution in [0.5, 0.6) is 0 Å². The minimum absolute atomic E-state index is 0.0142. The Labute approximate surface area is 449 Å². The van der Waals surface area contributed by atoms with Gasteiger partial charge in [-0.3, -0.25) is 9.35 Å². The van der Waals surface area contributed by atoms with Gasteiger partial charge in [0, 0.05) is 13.0 Å². The zero-order valence-corrected chi connectivity index (χ0v) is 46.7. The van der Waals surface area contributed by atoms with Crippen LogP contribution in [0, 0.1) is 0 Å². The van der Waals surface area contributed by atoms with E-state index >= 15 is 0 Å². The van der Waals surface area contributed by atoms with Gasteiger partial charge in [-0.1, -0.05) is 207 Å². The number of ether oxygens (including phenoxy) is 4. The first-order chi connectivity index (χ1) is 36.1. The number of aliphatic hydroxyl groups excluding tert-OH is 3. The Morgan fingerprint density at radius 1 is 0.527 bits per heavy atom. The highest BCUT2D eigenvalue weighted by Crippen LogP contribution is 2.26. The summed E-state index contributed by atoms with van der Waals surface area (Å²) in [6, 6.07) is 0. The molecule has 1 fully saturated rings. The highest BCUT2D eigenvalue weighted by Gasteiger charge is 2.48. The summed E-state index contributed by atoms with van der Waals surface area (Å²) < 4.78 is 59.4. The summed E-state index contributed by atoms with van der Waals surface area (Å²) in [4.78, 5) is 13.0. The van der Waals surface area contributed by atoms with Crippen molar-refractivity contribution in [3.63, 3.8) is 0 Å². The van der Waals surface area contributed by atoms with Gasteiger partial charge in [-0.15, -0.1) is 0 Å². The maximum absolute atomic E-state index is 13.0. The second-order valence-corrected chi connectivity index (χ2v) is 20.2. The first-order valence-electron chi connectivity index (χ1n) is 28.6. The molecule has 1 heterocycles. The van der Waals surface area contributed by atoms with Crippen molar-refractivity contribution in [2.45, 2.75) is 243 Å². The average Bonchev–Trinajstić information content (AvgIpc) is 3.38. The summed E-state index contributed by atoms with van der Waals surface area (Å²) in [6.07, 6.45) is 62.6. The number of esters is 1. The zero-order chi connectivity index (χ0) is 53.8. The molecule has 0 radical (unpaired) electrons. The number of allylic oxidation sites excluding steroid dienone is 18. The molecule has 0 aliphatic carbocycles. The number of hydrogen-bond donors (Lipinski definition) is 4. The van der Waals surface area contributed by atoms with E-state index in [9.17, 15) is 33.1 Å². The van der Waals surface area contributed by atoms with Gasteiger partial charge in [-0.05, 0) is 103 Å². The fourth-order valence-corrected chi connectivity index (χ4v) is 8.60. The predicted molar refractivity (Wildman–Crippen MR) is 303 cm³/mol. The van der Waals surface area contributed by atoms with Crippen LogP contribution in [0.2, 0.25) is 0 Å². The Morgan fingerprint density at radius 3 is 1.36 bits per heavy atom. The maximum Gasteiger partial charge on any atom is 0.397 e. The Kier molecular flexibility index (Phi) is 47.0. The third-order valence-corrected chi connectivity index (χ3v) is 12.8. The Balaban J connectivity index is 2.35. The van der Waals surface area contributed by atoms with E-state index in [0.29, 0.717) is 13.0 Å². The maximum atomic E-state index is 13.0. The van der Waals surface area contributed by atoms with Crippen molar-refractivity contribution in [1.82, 2.24) is 0 Å². The SMILES string of the molecule is CC/C=C\C/C=C\C/C=C\C/C=C\C/C=C\C/C=C\CCCCCCC(=O)OC(COCCCCCCCCCCC/C=C\C/C=C\C/C=C\CCCCCCC)COC1OC(CO)C(O)C(OS(=O)(=O)O)C1O. The molecule has 0 aromatic carbocycles. The second kappa shape index (κ2) is 50.6. The number of aliphatic hydroxyl groups is 3. The van der Waals surface area contributed by atoms with Crippen molar-refractivity contribution < 1.29 is 56.2 Å². The standard InChI is InChI=1S/C61H102O12S/c1-3-5-7-9-11-13-15-17-19-21-23-25-27-29-31-33-35-37-39-41-43-45-47-49-51-69-53-55(54-70-61-59(65)60(73-74(66,67)68)58(64)56(52-62)72-61)71-57(63)50-48-46-44-42-40-38-36-34-32-30-28-26-24-22-20-18-16-14-12-10-8-6-4-2/h6,8,12,14-15,17-18,20-21,23-24,26-27,29-30,32,36,38,55-56,58-62,64-65H,3-5,7,9-11,13,16,19,22,25,28,31,33-35,37,39-54H2,1-2H3,(H,66,67,68)/b8-6-,14-12-,17-15-,20-18-,23-21-,26-24-,29-27-,32-30-,38-36-. The third-order valence-electron chi connectivity index (χ3n) is 12.4. The summed E-state index contributed by atoms with van der Waals surface area (Å²) in [6.45, 7) is 3.82. The number of rotatable bonds is 49. The monoisotopic (exact) mass is 1060 g/mol. The molecular formula is C61H102O12S. The molecule has 1 aliphatic heterocycles.